The van der Waals surface area contributed by atoms with Crippen LogP contribution in [-0.4, -0.2) is 11.7 Å². The van der Waals surface area contributed by atoms with Gasteiger partial charge < -0.3 is 15.2 Å². The van der Waals surface area contributed by atoms with Crippen molar-refractivity contribution in [2.75, 3.05) is 5.32 Å². The van der Waals surface area contributed by atoms with Crippen LogP contribution in [0.4, 0.5) is 14.5 Å². The number of anilines is 1. The molecule has 0 aliphatic carbocycles. The minimum Gasteiger partial charge on any atom is -0.435 e. The van der Waals surface area contributed by atoms with Crippen LogP contribution in [0.25, 0.3) is 0 Å². The van der Waals surface area contributed by atoms with Crippen molar-refractivity contribution in [1.82, 2.24) is 0 Å². The average molecular weight is 293 g/mol. The van der Waals surface area contributed by atoms with Gasteiger partial charge in [-0.25, -0.2) is 0 Å². The fraction of sp³-hybridized carbons (Fsp3) is 0.250. The van der Waals surface area contributed by atoms with Crippen LogP contribution in [0, 0.1) is 0 Å². The van der Waals surface area contributed by atoms with Gasteiger partial charge in [0, 0.05) is 17.3 Å². The topological polar surface area (TPSA) is 41.5 Å². The molecule has 21 heavy (non-hydrogen) atoms. The molecular formula is C16H17F2NO2. The number of hydrogen-bond donors (Lipinski definition) is 2. The molecule has 5 heteroatoms. The highest BCUT2D eigenvalue weighted by molar-refractivity contribution is 5.52. The molecule has 1 unspecified atom stereocenters. The summed E-state index contributed by atoms with van der Waals surface area (Å²) < 4.78 is 28.9. The summed E-state index contributed by atoms with van der Waals surface area (Å²) in [5.41, 5.74) is 2.41. The molecule has 2 N–H and O–H groups in total. The molecular weight excluding hydrogens is 276 g/mol. The zero-order valence-electron chi connectivity index (χ0n) is 11.6. The van der Waals surface area contributed by atoms with Gasteiger partial charge in [-0.1, -0.05) is 30.3 Å². The molecule has 2 rings (SSSR count). The van der Waals surface area contributed by atoms with Crippen molar-refractivity contribution in [3.8, 4) is 5.75 Å². The predicted octanol–water partition coefficient (Wildman–Crippen LogP) is 3.95. The fourth-order valence-corrected chi connectivity index (χ4v) is 2.08. The van der Waals surface area contributed by atoms with Crippen molar-refractivity contribution in [1.29, 1.82) is 0 Å². The molecule has 0 aliphatic heterocycles. The van der Waals surface area contributed by atoms with Gasteiger partial charge >= 0.3 is 6.61 Å². The van der Waals surface area contributed by atoms with E-state index in [4.69, 9.17) is 0 Å². The largest absolute Gasteiger partial charge is 0.435 e. The predicted molar refractivity (Wildman–Crippen MR) is 77.5 cm³/mol. The number of benzene rings is 2. The molecule has 0 amide bonds. The zero-order valence-corrected chi connectivity index (χ0v) is 11.6. The van der Waals surface area contributed by atoms with Gasteiger partial charge in [-0.15, -0.1) is 0 Å². The van der Waals surface area contributed by atoms with Crippen molar-refractivity contribution in [3.63, 3.8) is 0 Å². The summed E-state index contributed by atoms with van der Waals surface area (Å²) in [5.74, 6) is 0.131. The highest BCUT2D eigenvalue weighted by atomic mass is 19.3. The Morgan fingerprint density at radius 3 is 2.62 bits per heavy atom. The molecule has 0 radical (unpaired) electrons. The number of para-hydroxylation sites is 1. The van der Waals surface area contributed by atoms with Gasteiger partial charge in [-0.2, -0.15) is 8.78 Å². The highest BCUT2D eigenvalue weighted by Crippen LogP contribution is 2.25. The van der Waals surface area contributed by atoms with Crippen LogP contribution in [0.1, 0.15) is 24.1 Å². The first-order valence-corrected chi connectivity index (χ1v) is 6.60. The van der Waals surface area contributed by atoms with Crippen molar-refractivity contribution in [3.05, 3.63) is 59.7 Å². The Kier molecular flexibility index (Phi) is 5.11. The van der Waals surface area contributed by atoms with E-state index in [-0.39, 0.29) is 18.4 Å². The van der Waals surface area contributed by atoms with E-state index in [1.54, 1.807) is 12.1 Å². The molecule has 112 valence electrons. The molecule has 0 saturated carbocycles. The minimum atomic E-state index is -2.83. The van der Waals surface area contributed by atoms with Crippen LogP contribution in [0.5, 0.6) is 5.75 Å². The average Bonchev–Trinajstić information content (AvgIpc) is 2.47. The van der Waals surface area contributed by atoms with Crippen LogP contribution >= 0.6 is 0 Å². The van der Waals surface area contributed by atoms with Gasteiger partial charge in [-0.3, -0.25) is 0 Å². The molecule has 0 saturated heterocycles. The summed E-state index contributed by atoms with van der Waals surface area (Å²) in [6.07, 6.45) is 0. The number of hydrogen-bond acceptors (Lipinski definition) is 3. The maximum atomic E-state index is 12.2. The molecule has 0 fully saturated rings. The summed E-state index contributed by atoms with van der Waals surface area (Å²) in [6, 6.07) is 13.9. The number of nitrogens with one attached hydrogen (secondary N) is 1. The molecule has 0 spiro atoms. The maximum Gasteiger partial charge on any atom is 0.387 e. The van der Waals surface area contributed by atoms with Gasteiger partial charge in [0.1, 0.15) is 5.75 Å². The Morgan fingerprint density at radius 1 is 1.14 bits per heavy atom. The Labute approximate surface area is 122 Å². The van der Waals surface area contributed by atoms with E-state index in [1.807, 2.05) is 37.3 Å². The maximum absolute atomic E-state index is 12.2. The van der Waals surface area contributed by atoms with E-state index in [9.17, 15) is 13.9 Å². The first kappa shape index (κ1) is 15.3. The van der Waals surface area contributed by atoms with E-state index in [0.29, 0.717) is 0 Å². The summed E-state index contributed by atoms with van der Waals surface area (Å²) in [4.78, 5) is 0. The van der Waals surface area contributed by atoms with Crippen LogP contribution in [-0.2, 0) is 6.61 Å². The van der Waals surface area contributed by atoms with Crippen molar-refractivity contribution in [2.45, 2.75) is 26.2 Å². The number of aliphatic hydroxyl groups excluding tert-OH is 1. The van der Waals surface area contributed by atoms with E-state index >= 15 is 0 Å². The lowest BCUT2D eigenvalue weighted by Crippen LogP contribution is -2.09. The second-order valence-electron chi connectivity index (χ2n) is 4.63. The molecule has 0 bridgehead atoms. The lowest BCUT2D eigenvalue weighted by Gasteiger charge is -2.18. The first-order valence-electron chi connectivity index (χ1n) is 6.60. The van der Waals surface area contributed by atoms with E-state index in [0.717, 1.165) is 16.8 Å². The lowest BCUT2D eigenvalue weighted by molar-refractivity contribution is -0.0498. The zero-order chi connectivity index (χ0) is 15.2. The third-order valence-corrected chi connectivity index (χ3v) is 3.14. The third-order valence-electron chi connectivity index (χ3n) is 3.14. The van der Waals surface area contributed by atoms with Gasteiger partial charge in [0.2, 0.25) is 0 Å². The van der Waals surface area contributed by atoms with Gasteiger partial charge in [-0.05, 0) is 30.7 Å². The minimum absolute atomic E-state index is 0.0651. The quantitative estimate of drug-likeness (QED) is 0.847. The Morgan fingerprint density at radius 2 is 1.90 bits per heavy atom. The van der Waals surface area contributed by atoms with Gasteiger partial charge in [0.05, 0.1) is 6.61 Å². The van der Waals surface area contributed by atoms with E-state index < -0.39 is 6.61 Å². The molecule has 0 heterocycles. The number of halogens is 2. The lowest BCUT2D eigenvalue weighted by atomic mass is 10.1. The normalized spacial score (nSPS) is 12.2. The third kappa shape index (κ3) is 4.16. The van der Waals surface area contributed by atoms with E-state index in [2.05, 4.69) is 10.1 Å². The summed E-state index contributed by atoms with van der Waals surface area (Å²) in [7, 11) is 0. The second kappa shape index (κ2) is 7.04. The number of aliphatic hydroxyl groups is 1. The van der Waals surface area contributed by atoms with Crippen molar-refractivity contribution >= 4 is 5.69 Å². The summed E-state index contributed by atoms with van der Waals surface area (Å²) in [5, 5.41) is 12.6. The second-order valence-corrected chi connectivity index (χ2v) is 4.63. The Balaban J connectivity index is 2.14. The SMILES string of the molecule is CC(Nc1ccccc1CO)c1cccc(OC(F)F)c1. The van der Waals surface area contributed by atoms with Crippen LogP contribution in [0.2, 0.25) is 0 Å². The monoisotopic (exact) mass is 293 g/mol. The van der Waals surface area contributed by atoms with Crippen molar-refractivity contribution < 1.29 is 18.6 Å². The Bertz CT molecular complexity index is 590. The molecule has 3 nitrogen and oxygen atoms in total. The molecule has 1 atom stereocenters. The molecule has 2 aromatic carbocycles. The van der Waals surface area contributed by atoms with Crippen LogP contribution in [0.15, 0.2) is 48.5 Å². The van der Waals surface area contributed by atoms with E-state index in [1.165, 1.54) is 6.07 Å². The highest BCUT2D eigenvalue weighted by Gasteiger charge is 2.10. The number of rotatable bonds is 6. The molecule has 2 aromatic rings. The molecule has 0 aliphatic rings. The first-order chi connectivity index (χ1) is 10.1. The van der Waals surface area contributed by atoms with Crippen LogP contribution < -0.4 is 10.1 Å². The number of ether oxygens (including phenoxy) is 1. The summed E-state index contributed by atoms with van der Waals surface area (Å²) >= 11 is 0. The summed E-state index contributed by atoms with van der Waals surface area (Å²) in [6.45, 7) is -0.987. The van der Waals surface area contributed by atoms with Crippen molar-refractivity contribution in [2.24, 2.45) is 0 Å². The Hall–Kier alpha value is -2.14. The van der Waals surface area contributed by atoms with Gasteiger partial charge in [0.25, 0.3) is 0 Å². The van der Waals surface area contributed by atoms with Gasteiger partial charge in [0.15, 0.2) is 0 Å². The fourth-order valence-electron chi connectivity index (χ4n) is 2.08. The standard InChI is InChI=1S/C16H17F2NO2/c1-11(19-15-8-3-2-5-13(15)10-20)12-6-4-7-14(9-12)21-16(17)18/h2-9,11,16,19-20H,10H2,1H3. The van der Waals surface area contributed by atoms with Crippen LogP contribution in [0.3, 0.4) is 0 Å². The number of alkyl halides is 2. The molecule has 0 aromatic heterocycles. The smallest absolute Gasteiger partial charge is 0.387 e.